The molecule has 2 heteroatoms. The van der Waals surface area contributed by atoms with Crippen molar-refractivity contribution in [2.24, 2.45) is 11.3 Å². The smallest absolute Gasteiger partial charge is 0.309 e. The highest BCUT2D eigenvalue weighted by molar-refractivity contribution is 5.75. The molecule has 2 nitrogen and oxygen atoms in total. The second-order valence-electron chi connectivity index (χ2n) is 6.56. The molecular formula is C18H26O2. The molecule has 1 fully saturated rings. The SMILES string of the molecule is CCC1CCCC(Cc2cc(C)ccc2C)(C(=O)O)C1. The topological polar surface area (TPSA) is 37.3 Å². The van der Waals surface area contributed by atoms with Gasteiger partial charge in [0.1, 0.15) is 0 Å². The third-order valence-electron chi connectivity index (χ3n) is 5.01. The Kier molecular flexibility index (Phi) is 4.52. The number of carboxylic acid groups (broad SMARTS) is 1. The fraction of sp³-hybridized carbons (Fsp3) is 0.611. The molecule has 0 heterocycles. The van der Waals surface area contributed by atoms with Crippen LogP contribution in [-0.4, -0.2) is 11.1 Å². The molecule has 2 unspecified atom stereocenters. The summed E-state index contributed by atoms with van der Waals surface area (Å²) in [4.78, 5) is 11.9. The predicted molar refractivity (Wildman–Crippen MR) is 81.9 cm³/mol. The van der Waals surface area contributed by atoms with Crippen LogP contribution in [0, 0.1) is 25.2 Å². The molecule has 1 aliphatic rings. The Morgan fingerprint density at radius 3 is 2.80 bits per heavy atom. The van der Waals surface area contributed by atoms with E-state index in [2.05, 4.69) is 39.0 Å². The summed E-state index contributed by atoms with van der Waals surface area (Å²) in [5.41, 5.74) is 3.10. The molecule has 2 atom stereocenters. The molecule has 0 spiro atoms. The Morgan fingerprint density at radius 1 is 1.40 bits per heavy atom. The van der Waals surface area contributed by atoms with Gasteiger partial charge in [-0.3, -0.25) is 4.79 Å². The number of hydrogen-bond acceptors (Lipinski definition) is 1. The van der Waals surface area contributed by atoms with E-state index in [0.29, 0.717) is 12.3 Å². The molecule has 0 aliphatic heterocycles. The van der Waals surface area contributed by atoms with E-state index in [1.807, 2.05) is 0 Å². The molecule has 0 amide bonds. The second-order valence-corrected chi connectivity index (χ2v) is 6.56. The first-order valence-electron chi connectivity index (χ1n) is 7.76. The van der Waals surface area contributed by atoms with Gasteiger partial charge in [-0.15, -0.1) is 0 Å². The lowest BCUT2D eigenvalue weighted by molar-refractivity contribution is -0.152. The molecule has 1 N–H and O–H groups in total. The van der Waals surface area contributed by atoms with Crippen molar-refractivity contribution >= 4 is 5.97 Å². The molecular weight excluding hydrogens is 248 g/mol. The molecule has 1 aromatic carbocycles. The Labute approximate surface area is 122 Å². The highest BCUT2D eigenvalue weighted by Crippen LogP contribution is 2.43. The normalized spacial score (nSPS) is 26.4. The van der Waals surface area contributed by atoms with Crippen molar-refractivity contribution in [3.8, 4) is 0 Å². The highest BCUT2D eigenvalue weighted by atomic mass is 16.4. The monoisotopic (exact) mass is 274 g/mol. The van der Waals surface area contributed by atoms with Gasteiger partial charge < -0.3 is 5.11 Å². The maximum absolute atomic E-state index is 11.9. The van der Waals surface area contributed by atoms with E-state index in [9.17, 15) is 9.90 Å². The fourth-order valence-electron chi connectivity index (χ4n) is 3.62. The summed E-state index contributed by atoms with van der Waals surface area (Å²) < 4.78 is 0. The lowest BCUT2D eigenvalue weighted by atomic mass is 9.65. The predicted octanol–water partition coefficient (Wildman–Crippen LogP) is 4.52. The van der Waals surface area contributed by atoms with Crippen molar-refractivity contribution in [1.29, 1.82) is 0 Å². The standard InChI is InChI=1S/C18H26O2/c1-4-15-6-5-9-18(11-15,17(19)20)12-16-10-13(2)7-8-14(16)3/h7-8,10,15H,4-6,9,11-12H2,1-3H3,(H,19,20). The zero-order chi connectivity index (χ0) is 14.8. The van der Waals surface area contributed by atoms with Gasteiger partial charge in [0, 0.05) is 0 Å². The largest absolute Gasteiger partial charge is 0.481 e. The van der Waals surface area contributed by atoms with Gasteiger partial charge in [-0.2, -0.15) is 0 Å². The minimum Gasteiger partial charge on any atom is -0.481 e. The van der Waals surface area contributed by atoms with Crippen LogP contribution >= 0.6 is 0 Å². The quantitative estimate of drug-likeness (QED) is 0.876. The lowest BCUT2D eigenvalue weighted by Gasteiger charge is -2.38. The van der Waals surface area contributed by atoms with Gasteiger partial charge >= 0.3 is 5.97 Å². The van der Waals surface area contributed by atoms with Crippen LogP contribution in [0.15, 0.2) is 18.2 Å². The Balaban J connectivity index is 2.29. The van der Waals surface area contributed by atoms with Crippen molar-refractivity contribution in [3.05, 3.63) is 34.9 Å². The third kappa shape index (κ3) is 3.05. The number of aryl methyl sites for hydroxylation is 2. The molecule has 110 valence electrons. The van der Waals surface area contributed by atoms with Crippen LogP contribution in [0.3, 0.4) is 0 Å². The van der Waals surface area contributed by atoms with E-state index in [-0.39, 0.29) is 0 Å². The molecule has 1 aliphatic carbocycles. The summed E-state index contributed by atoms with van der Waals surface area (Å²) >= 11 is 0. The molecule has 0 bridgehead atoms. The summed E-state index contributed by atoms with van der Waals surface area (Å²) in [6.45, 7) is 6.34. The van der Waals surface area contributed by atoms with Crippen LogP contribution in [-0.2, 0) is 11.2 Å². The minimum absolute atomic E-state index is 0.544. The highest BCUT2D eigenvalue weighted by Gasteiger charge is 2.42. The van der Waals surface area contributed by atoms with Gasteiger partial charge in [-0.05, 0) is 50.2 Å². The van der Waals surface area contributed by atoms with Crippen molar-refractivity contribution in [2.75, 3.05) is 0 Å². The minimum atomic E-state index is -0.600. The van der Waals surface area contributed by atoms with Gasteiger partial charge in [0.05, 0.1) is 5.41 Å². The van der Waals surface area contributed by atoms with E-state index in [1.165, 1.54) is 23.1 Å². The van der Waals surface area contributed by atoms with E-state index in [0.717, 1.165) is 25.7 Å². The van der Waals surface area contributed by atoms with Crippen LogP contribution in [0.25, 0.3) is 0 Å². The average Bonchev–Trinajstić information content (AvgIpc) is 2.43. The molecule has 0 radical (unpaired) electrons. The van der Waals surface area contributed by atoms with E-state index in [1.54, 1.807) is 0 Å². The van der Waals surface area contributed by atoms with E-state index >= 15 is 0 Å². The lowest BCUT2D eigenvalue weighted by Crippen LogP contribution is -2.38. The van der Waals surface area contributed by atoms with Crippen LogP contribution in [0.2, 0.25) is 0 Å². The summed E-state index contributed by atoms with van der Waals surface area (Å²) in [5, 5.41) is 9.82. The third-order valence-corrected chi connectivity index (χ3v) is 5.01. The number of benzene rings is 1. The van der Waals surface area contributed by atoms with Crippen molar-refractivity contribution < 1.29 is 9.90 Å². The van der Waals surface area contributed by atoms with Crippen molar-refractivity contribution in [3.63, 3.8) is 0 Å². The van der Waals surface area contributed by atoms with Crippen LogP contribution in [0.5, 0.6) is 0 Å². The molecule has 1 saturated carbocycles. The molecule has 0 saturated heterocycles. The number of hydrogen-bond donors (Lipinski definition) is 1. The molecule has 2 rings (SSSR count). The number of aliphatic carboxylic acids is 1. The maximum Gasteiger partial charge on any atom is 0.309 e. The number of carbonyl (C=O) groups is 1. The summed E-state index contributed by atoms with van der Waals surface area (Å²) in [6.07, 6.45) is 5.70. The Bertz CT molecular complexity index is 492. The molecule has 0 aromatic heterocycles. The van der Waals surface area contributed by atoms with E-state index in [4.69, 9.17) is 0 Å². The first-order chi connectivity index (χ1) is 9.47. The van der Waals surface area contributed by atoms with Gasteiger partial charge in [-0.25, -0.2) is 0 Å². The Morgan fingerprint density at radius 2 is 2.15 bits per heavy atom. The zero-order valence-electron chi connectivity index (χ0n) is 12.9. The van der Waals surface area contributed by atoms with Crippen LogP contribution in [0.1, 0.15) is 55.7 Å². The summed E-state index contributed by atoms with van der Waals surface area (Å²) in [5.74, 6) is -0.0264. The van der Waals surface area contributed by atoms with Gasteiger partial charge in [0.2, 0.25) is 0 Å². The van der Waals surface area contributed by atoms with Gasteiger partial charge in [0.25, 0.3) is 0 Å². The van der Waals surface area contributed by atoms with Crippen LogP contribution in [0.4, 0.5) is 0 Å². The van der Waals surface area contributed by atoms with Crippen molar-refractivity contribution in [2.45, 2.75) is 59.3 Å². The second kappa shape index (κ2) is 5.99. The number of carboxylic acids is 1. The summed E-state index contributed by atoms with van der Waals surface area (Å²) in [7, 11) is 0. The van der Waals surface area contributed by atoms with Gasteiger partial charge in [-0.1, -0.05) is 49.9 Å². The average molecular weight is 274 g/mol. The van der Waals surface area contributed by atoms with Gasteiger partial charge in [0.15, 0.2) is 0 Å². The molecule has 20 heavy (non-hydrogen) atoms. The Hall–Kier alpha value is -1.31. The first-order valence-corrected chi connectivity index (χ1v) is 7.76. The fourth-order valence-corrected chi connectivity index (χ4v) is 3.62. The maximum atomic E-state index is 11.9. The zero-order valence-corrected chi connectivity index (χ0v) is 12.9. The van der Waals surface area contributed by atoms with Crippen LogP contribution < -0.4 is 0 Å². The molecule has 1 aromatic rings. The van der Waals surface area contributed by atoms with Crippen molar-refractivity contribution in [1.82, 2.24) is 0 Å². The summed E-state index contributed by atoms with van der Waals surface area (Å²) in [6, 6.07) is 6.37. The van der Waals surface area contributed by atoms with E-state index < -0.39 is 11.4 Å². The first kappa shape index (κ1) is 15.1. The number of rotatable bonds is 4.